The highest BCUT2D eigenvalue weighted by atomic mass is 32.1. The molecular weight excluding hydrogens is 264 g/mol. The summed E-state index contributed by atoms with van der Waals surface area (Å²) < 4.78 is 0. The van der Waals surface area contributed by atoms with Crippen LogP contribution in [0.3, 0.4) is 0 Å². The molecule has 3 heteroatoms. The Labute approximate surface area is 128 Å². The van der Waals surface area contributed by atoms with Crippen molar-refractivity contribution >= 4 is 11.3 Å². The molecule has 0 saturated heterocycles. The van der Waals surface area contributed by atoms with Gasteiger partial charge in [0, 0.05) is 17.3 Å². The third-order valence-electron chi connectivity index (χ3n) is 4.44. The molecule has 0 aliphatic heterocycles. The van der Waals surface area contributed by atoms with Crippen molar-refractivity contribution in [2.75, 3.05) is 6.54 Å². The van der Waals surface area contributed by atoms with Crippen molar-refractivity contribution in [2.24, 2.45) is 11.8 Å². The van der Waals surface area contributed by atoms with Crippen molar-refractivity contribution in [3.8, 4) is 0 Å². The van der Waals surface area contributed by atoms with Crippen LogP contribution in [0.25, 0.3) is 0 Å². The molecule has 2 rings (SSSR count). The molecule has 0 amide bonds. The number of hydrogen-bond acceptors (Lipinski definition) is 3. The summed E-state index contributed by atoms with van der Waals surface area (Å²) in [5, 5.41) is 4.99. The quantitative estimate of drug-likeness (QED) is 0.785. The van der Waals surface area contributed by atoms with Crippen LogP contribution in [-0.2, 0) is 13.0 Å². The highest BCUT2D eigenvalue weighted by Crippen LogP contribution is 2.41. The zero-order valence-electron chi connectivity index (χ0n) is 13.5. The van der Waals surface area contributed by atoms with Crippen molar-refractivity contribution in [3.63, 3.8) is 0 Å². The number of nitrogens with one attached hydrogen (secondary N) is 1. The molecule has 0 radical (unpaired) electrons. The van der Waals surface area contributed by atoms with E-state index in [0.29, 0.717) is 5.92 Å². The van der Waals surface area contributed by atoms with E-state index in [-0.39, 0.29) is 0 Å². The van der Waals surface area contributed by atoms with Crippen LogP contribution in [0, 0.1) is 11.8 Å². The first-order valence-electron chi connectivity index (χ1n) is 8.33. The van der Waals surface area contributed by atoms with Gasteiger partial charge in [-0.05, 0) is 44.1 Å². The van der Waals surface area contributed by atoms with E-state index < -0.39 is 0 Å². The fourth-order valence-corrected chi connectivity index (χ4v) is 4.41. The summed E-state index contributed by atoms with van der Waals surface area (Å²) in [6.07, 6.45) is 6.54. The average Bonchev–Trinajstić information content (AvgIpc) is 3.03. The van der Waals surface area contributed by atoms with Gasteiger partial charge in [-0.2, -0.15) is 0 Å². The minimum atomic E-state index is 0.715. The highest BCUT2D eigenvalue weighted by molar-refractivity contribution is 7.11. The molecular formula is C17H30N2S. The third kappa shape index (κ3) is 4.05. The topological polar surface area (TPSA) is 24.9 Å². The molecule has 2 atom stereocenters. The minimum Gasteiger partial charge on any atom is -0.312 e. The zero-order valence-corrected chi connectivity index (χ0v) is 14.4. The average molecular weight is 295 g/mol. The van der Waals surface area contributed by atoms with Gasteiger partial charge >= 0.3 is 0 Å². The maximum Gasteiger partial charge on any atom is 0.0962 e. The van der Waals surface area contributed by atoms with Crippen LogP contribution in [0.4, 0.5) is 0 Å². The minimum absolute atomic E-state index is 0.715. The largest absolute Gasteiger partial charge is 0.312 e. The van der Waals surface area contributed by atoms with Gasteiger partial charge in [0.2, 0.25) is 0 Å². The van der Waals surface area contributed by atoms with E-state index in [1.165, 1.54) is 41.3 Å². The normalized spacial score (nSPS) is 22.9. The second-order valence-electron chi connectivity index (χ2n) is 6.58. The molecule has 114 valence electrons. The molecule has 1 aromatic rings. The lowest BCUT2D eigenvalue weighted by atomic mass is 10.0. The zero-order chi connectivity index (χ0) is 14.5. The second kappa shape index (κ2) is 7.56. The Morgan fingerprint density at radius 2 is 2.10 bits per heavy atom. The number of aromatic nitrogens is 1. The van der Waals surface area contributed by atoms with E-state index in [4.69, 9.17) is 4.98 Å². The Morgan fingerprint density at radius 3 is 2.70 bits per heavy atom. The van der Waals surface area contributed by atoms with Crippen molar-refractivity contribution < 1.29 is 0 Å². The van der Waals surface area contributed by atoms with Gasteiger partial charge in [-0.3, -0.25) is 0 Å². The first-order valence-corrected chi connectivity index (χ1v) is 9.14. The van der Waals surface area contributed by atoms with Gasteiger partial charge in [0.1, 0.15) is 0 Å². The fourth-order valence-electron chi connectivity index (χ4n) is 3.14. The Morgan fingerprint density at radius 1 is 1.30 bits per heavy atom. The van der Waals surface area contributed by atoms with E-state index in [2.05, 4.69) is 33.0 Å². The Balaban J connectivity index is 1.99. The lowest BCUT2D eigenvalue weighted by Gasteiger charge is -2.07. The highest BCUT2D eigenvalue weighted by Gasteiger charge is 2.27. The molecule has 1 aliphatic rings. The van der Waals surface area contributed by atoms with Gasteiger partial charge in [0.25, 0.3) is 0 Å². The smallest absolute Gasteiger partial charge is 0.0962 e. The number of thiazole rings is 1. The lowest BCUT2D eigenvalue weighted by Crippen LogP contribution is -2.18. The molecule has 1 aromatic heterocycles. The Hall–Kier alpha value is -0.410. The lowest BCUT2D eigenvalue weighted by molar-refractivity contribution is 0.521. The van der Waals surface area contributed by atoms with Crippen LogP contribution in [0.5, 0.6) is 0 Å². The molecule has 1 aliphatic carbocycles. The standard InChI is InChI=1S/C17H30N2S/c1-5-13-7-8-14(9-13)17-19-15(6-2)16(20-17)11-18-10-12(3)4/h12-14,18H,5-11H2,1-4H3. The number of rotatable bonds is 7. The first kappa shape index (κ1) is 16.0. The van der Waals surface area contributed by atoms with Crippen LogP contribution in [0.15, 0.2) is 0 Å². The second-order valence-corrected chi connectivity index (χ2v) is 7.70. The number of hydrogen-bond donors (Lipinski definition) is 1. The maximum atomic E-state index is 4.96. The van der Waals surface area contributed by atoms with Crippen LogP contribution < -0.4 is 5.32 Å². The van der Waals surface area contributed by atoms with Gasteiger partial charge in [-0.1, -0.05) is 34.1 Å². The Bertz CT molecular complexity index is 411. The number of aryl methyl sites for hydroxylation is 1. The van der Waals surface area contributed by atoms with Crippen molar-refractivity contribution in [1.29, 1.82) is 0 Å². The van der Waals surface area contributed by atoms with Gasteiger partial charge in [-0.15, -0.1) is 11.3 Å². The molecule has 1 fully saturated rings. The molecule has 0 bridgehead atoms. The summed E-state index contributed by atoms with van der Waals surface area (Å²) in [4.78, 5) is 6.43. The summed E-state index contributed by atoms with van der Waals surface area (Å²) in [5.41, 5.74) is 1.33. The summed E-state index contributed by atoms with van der Waals surface area (Å²) in [5.74, 6) is 2.40. The van der Waals surface area contributed by atoms with E-state index in [1.807, 2.05) is 11.3 Å². The third-order valence-corrected chi connectivity index (χ3v) is 5.70. The summed E-state index contributed by atoms with van der Waals surface area (Å²) in [6.45, 7) is 11.2. The van der Waals surface area contributed by atoms with E-state index >= 15 is 0 Å². The SMILES string of the molecule is CCc1nc(C2CCC(CC)C2)sc1CNCC(C)C. The van der Waals surface area contributed by atoms with Crippen molar-refractivity contribution in [1.82, 2.24) is 10.3 Å². The van der Waals surface area contributed by atoms with Crippen LogP contribution in [0.1, 0.15) is 74.9 Å². The van der Waals surface area contributed by atoms with Crippen LogP contribution in [-0.4, -0.2) is 11.5 Å². The molecule has 2 unspecified atom stereocenters. The Kier molecular flexibility index (Phi) is 6.03. The molecule has 2 nitrogen and oxygen atoms in total. The summed E-state index contributed by atoms with van der Waals surface area (Å²) >= 11 is 1.97. The van der Waals surface area contributed by atoms with Crippen LogP contribution in [0.2, 0.25) is 0 Å². The van der Waals surface area contributed by atoms with Gasteiger partial charge in [0.15, 0.2) is 0 Å². The molecule has 0 aromatic carbocycles. The van der Waals surface area contributed by atoms with E-state index in [1.54, 1.807) is 0 Å². The van der Waals surface area contributed by atoms with Gasteiger partial charge < -0.3 is 5.32 Å². The molecule has 20 heavy (non-hydrogen) atoms. The fraction of sp³-hybridized carbons (Fsp3) is 0.824. The van der Waals surface area contributed by atoms with Crippen LogP contribution >= 0.6 is 11.3 Å². The maximum absolute atomic E-state index is 4.96. The predicted molar refractivity (Wildman–Crippen MR) is 88.4 cm³/mol. The summed E-state index contributed by atoms with van der Waals surface area (Å²) in [6, 6.07) is 0. The van der Waals surface area contributed by atoms with E-state index in [0.717, 1.165) is 31.3 Å². The summed E-state index contributed by atoms with van der Waals surface area (Å²) in [7, 11) is 0. The molecule has 0 spiro atoms. The molecule has 1 N–H and O–H groups in total. The van der Waals surface area contributed by atoms with Crippen molar-refractivity contribution in [2.45, 2.75) is 72.3 Å². The van der Waals surface area contributed by atoms with Gasteiger partial charge in [-0.25, -0.2) is 4.98 Å². The van der Waals surface area contributed by atoms with Gasteiger partial charge in [0.05, 0.1) is 10.7 Å². The first-order chi connectivity index (χ1) is 9.63. The monoisotopic (exact) mass is 294 g/mol. The number of nitrogens with zero attached hydrogens (tertiary/aromatic N) is 1. The van der Waals surface area contributed by atoms with Crippen molar-refractivity contribution in [3.05, 3.63) is 15.6 Å². The molecule has 1 heterocycles. The van der Waals surface area contributed by atoms with E-state index in [9.17, 15) is 0 Å². The molecule has 1 saturated carbocycles. The predicted octanol–water partition coefficient (Wildman–Crippen LogP) is 4.74.